The summed E-state index contributed by atoms with van der Waals surface area (Å²) in [4.78, 5) is 14.7. The van der Waals surface area contributed by atoms with Crippen LogP contribution in [0.1, 0.15) is 26.2 Å². The third kappa shape index (κ3) is 4.03. The molecule has 0 radical (unpaired) electrons. The molecule has 6 nitrogen and oxygen atoms in total. The Kier molecular flexibility index (Phi) is 5.16. The Morgan fingerprint density at radius 3 is 2.52 bits per heavy atom. The highest BCUT2D eigenvalue weighted by molar-refractivity contribution is 7.92. The standard InChI is InChI=1S/C17H23ClN2O4S/c1-12-5-8-19(9-6-12)17(21)16-7-10-20(25(2,22)23)14-11-13(18)3-4-15(14)24-16/h3-4,11-12,16H,5-10H2,1-2H3. The lowest BCUT2D eigenvalue weighted by Gasteiger charge is -2.32. The number of sulfonamides is 1. The number of carbonyl (C=O) groups is 1. The van der Waals surface area contributed by atoms with Gasteiger partial charge in [-0.15, -0.1) is 0 Å². The number of carbonyl (C=O) groups excluding carboxylic acids is 1. The first-order valence-electron chi connectivity index (χ1n) is 8.48. The third-order valence-electron chi connectivity index (χ3n) is 4.82. The van der Waals surface area contributed by atoms with E-state index < -0.39 is 16.1 Å². The van der Waals surface area contributed by atoms with Gasteiger partial charge in [-0.2, -0.15) is 0 Å². The van der Waals surface area contributed by atoms with Gasteiger partial charge in [-0.3, -0.25) is 9.10 Å². The lowest BCUT2D eigenvalue weighted by molar-refractivity contribution is -0.140. The molecule has 0 N–H and O–H groups in total. The number of likely N-dealkylation sites (tertiary alicyclic amines) is 1. The quantitative estimate of drug-likeness (QED) is 0.783. The molecule has 0 saturated carbocycles. The Labute approximate surface area is 153 Å². The predicted octanol–water partition coefficient (Wildman–Crippen LogP) is 2.52. The van der Waals surface area contributed by atoms with E-state index in [0.29, 0.717) is 28.8 Å². The molecule has 0 spiro atoms. The summed E-state index contributed by atoms with van der Waals surface area (Å²) in [6.07, 6.45) is 2.75. The van der Waals surface area contributed by atoms with Crippen molar-refractivity contribution >= 4 is 33.2 Å². The number of hydrogen-bond acceptors (Lipinski definition) is 4. The van der Waals surface area contributed by atoms with Crippen LogP contribution in [-0.2, 0) is 14.8 Å². The number of piperidine rings is 1. The first-order valence-corrected chi connectivity index (χ1v) is 10.7. The minimum Gasteiger partial charge on any atom is -0.478 e. The van der Waals surface area contributed by atoms with E-state index in [4.69, 9.17) is 16.3 Å². The molecular weight excluding hydrogens is 364 g/mol. The summed E-state index contributed by atoms with van der Waals surface area (Å²) in [5.41, 5.74) is 0.387. The molecule has 0 aliphatic carbocycles. The number of anilines is 1. The molecule has 2 aliphatic heterocycles. The van der Waals surface area contributed by atoms with Crippen LogP contribution in [-0.4, -0.2) is 51.2 Å². The van der Waals surface area contributed by atoms with Gasteiger partial charge in [0.1, 0.15) is 5.75 Å². The van der Waals surface area contributed by atoms with Gasteiger partial charge in [0.2, 0.25) is 10.0 Å². The molecule has 1 aromatic carbocycles. The van der Waals surface area contributed by atoms with Crippen molar-refractivity contribution in [2.75, 3.05) is 30.2 Å². The monoisotopic (exact) mass is 386 g/mol. The average molecular weight is 387 g/mol. The highest BCUT2D eigenvalue weighted by Gasteiger charge is 2.34. The van der Waals surface area contributed by atoms with Crippen LogP contribution in [0.15, 0.2) is 18.2 Å². The van der Waals surface area contributed by atoms with E-state index in [1.807, 2.05) is 4.90 Å². The van der Waals surface area contributed by atoms with Crippen molar-refractivity contribution in [1.29, 1.82) is 0 Å². The SMILES string of the molecule is CC1CCN(C(=O)C2CCN(S(C)(=O)=O)c3cc(Cl)ccc3O2)CC1. The molecular formula is C17H23ClN2O4S. The van der Waals surface area contributed by atoms with E-state index in [1.165, 1.54) is 4.31 Å². The summed E-state index contributed by atoms with van der Waals surface area (Å²) in [6, 6.07) is 4.82. The third-order valence-corrected chi connectivity index (χ3v) is 6.24. The molecule has 3 rings (SSSR count). The first-order chi connectivity index (χ1) is 11.8. The Bertz CT molecular complexity index is 760. The van der Waals surface area contributed by atoms with Gasteiger partial charge in [0.25, 0.3) is 5.91 Å². The second-order valence-corrected chi connectivity index (χ2v) is 9.19. The van der Waals surface area contributed by atoms with Gasteiger partial charge in [0.05, 0.1) is 11.9 Å². The Morgan fingerprint density at radius 1 is 1.20 bits per heavy atom. The van der Waals surface area contributed by atoms with Crippen molar-refractivity contribution in [3.05, 3.63) is 23.2 Å². The van der Waals surface area contributed by atoms with Crippen molar-refractivity contribution in [1.82, 2.24) is 4.90 Å². The van der Waals surface area contributed by atoms with Gasteiger partial charge >= 0.3 is 0 Å². The average Bonchev–Trinajstić information content (AvgIpc) is 2.73. The van der Waals surface area contributed by atoms with Crippen LogP contribution in [0, 0.1) is 5.92 Å². The van der Waals surface area contributed by atoms with E-state index >= 15 is 0 Å². The van der Waals surface area contributed by atoms with Crippen LogP contribution in [0.3, 0.4) is 0 Å². The number of nitrogens with zero attached hydrogens (tertiary/aromatic N) is 2. The van der Waals surface area contributed by atoms with Gasteiger partial charge in [0.15, 0.2) is 6.10 Å². The molecule has 1 amide bonds. The zero-order valence-electron chi connectivity index (χ0n) is 14.4. The van der Waals surface area contributed by atoms with Crippen molar-refractivity contribution in [2.24, 2.45) is 5.92 Å². The van der Waals surface area contributed by atoms with Gasteiger partial charge in [-0.05, 0) is 37.0 Å². The number of amides is 1. The zero-order valence-corrected chi connectivity index (χ0v) is 16.0. The topological polar surface area (TPSA) is 66.9 Å². The number of rotatable bonds is 2. The summed E-state index contributed by atoms with van der Waals surface area (Å²) in [5.74, 6) is 0.932. The number of hydrogen-bond donors (Lipinski definition) is 0. The molecule has 1 aromatic rings. The smallest absolute Gasteiger partial charge is 0.263 e. The van der Waals surface area contributed by atoms with E-state index in [9.17, 15) is 13.2 Å². The van der Waals surface area contributed by atoms with Gasteiger partial charge < -0.3 is 9.64 Å². The maximum atomic E-state index is 12.9. The van der Waals surface area contributed by atoms with Crippen LogP contribution >= 0.6 is 11.6 Å². The predicted molar refractivity (Wildman–Crippen MR) is 97.7 cm³/mol. The molecule has 0 aromatic heterocycles. The maximum Gasteiger partial charge on any atom is 0.263 e. The maximum absolute atomic E-state index is 12.9. The van der Waals surface area contributed by atoms with Crippen LogP contribution < -0.4 is 9.04 Å². The van der Waals surface area contributed by atoms with Crippen LogP contribution in [0.5, 0.6) is 5.75 Å². The summed E-state index contributed by atoms with van der Waals surface area (Å²) < 4.78 is 31.5. The molecule has 2 heterocycles. The molecule has 0 bridgehead atoms. The molecule has 138 valence electrons. The second kappa shape index (κ2) is 7.03. The normalized spacial score (nSPS) is 22.1. The second-order valence-electron chi connectivity index (χ2n) is 6.85. The first kappa shape index (κ1) is 18.3. The Morgan fingerprint density at radius 2 is 1.88 bits per heavy atom. The van der Waals surface area contributed by atoms with Crippen molar-refractivity contribution in [3.63, 3.8) is 0 Å². The zero-order chi connectivity index (χ0) is 18.2. The number of halogens is 1. The molecule has 1 atom stereocenters. The fourth-order valence-corrected chi connectivity index (χ4v) is 4.41. The molecule has 1 unspecified atom stereocenters. The van der Waals surface area contributed by atoms with E-state index in [-0.39, 0.29) is 12.5 Å². The van der Waals surface area contributed by atoms with E-state index in [0.717, 1.165) is 32.2 Å². The van der Waals surface area contributed by atoms with E-state index in [1.54, 1.807) is 18.2 Å². The summed E-state index contributed by atoms with van der Waals surface area (Å²) >= 11 is 6.03. The molecule has 25 heavy (non-hydrogen) atoms. The van der Waals surface area contributed by atoms with Crippen LogP contribution in [0.2, 0.25) is 5.02 Å². The summed E-state index contributed by atoms with van der Waals surface area (Å²) in [5, 5.41) is 0.422. The Balaban J connectivity index is 1.86. The minimum absolute atomic E-state index is 0.0665. The summed E-state index contributed by atoms with van der Waals surface area (Å²) in [7, 11) is -3.49. The molecule has 1 saturated heterocycles. The lowest BCUT2D eigenvalue weighted by atomic mass is 9.98. The highest BCUT2D eigenvalue weighted by atomic mass is 35.5. The summed E-state index contributed by atoms with van der Waals surface area (Å²) in [6.45, 7) is 3.83. The highest BCUT2D eigenvalue weighted by Crippen LogP contribution is 2.36. The van der Waals surface area contributed by atoms with Gasteiger partial charge in [-0.1, -0.05) is 18.5 Å². The lowest BCUT2D eigenvalue weighted by Crippen LogP contribution is -2.46. The van der Waals surface area contributed by atoms with Gasteiger partial charge in [0, 0.05) is 31.1 Å². The molecule has 2 aliphatic rings. The van der Waals surface area contributed by atoms with Crippen molar-refractivity contribution < 1.29 is 17.9 Å². The van der Waals surface area contributed by atoms with E-state index in [2.05, 4.69) is 6.92 Å². The molecule has 8 heteroatoms. The minimum atomic E-state index is -3.49. The molecule has 1 fully saturated rings. The van der Waals surface area contributed by atoms with Crippen molar-refractivity contribution in [3.8, 4) is 5.75 Å². The fourth-order valence-electron chi connectivity index (χ4n) is 3.30. The van der Waals surface area contributed by atoms with Crippen LogP contribution in [0.4, 0.5) is 5.69 Å². The van der Waals surface area contributed by atoms with Crippen LogP contribution in [0.25, 0.3) is 0 Å². The fraction of sp³-hybridized carbons (Fsp3) is 0.588. The Hall–Kier alpha value is -1.47. The number of ether oxygens (including phenoxy) is 1. The number of benzene rings is 1. The largest absolute Gasteiger partial charge is 0.478 e. The van der Waals surface area contributed by atoms with Crippen molar-refractivity contribution in [2.45, 2.75) is 32.3 Å². The number of fused-ring (bicyclic) bond motifs is 1. The van der Waals surface area contributed by atoms with Gasteiger partial charge in [-0.25, -0.2) is 8.42 Å².